The third-order valence-corrected chi connectivity index (χ3v) is 2.65. The lowest BCUT2D eigenvalue weighted by molar-refractivity contribution is -0.0819. The molecule has 90 valence electrons. The van der Waals surface area contributed by atoms with Crippen molar-refractivity contribution in [2.45, 2.75) is 13.0 Å². The number of aromatic nitrogens is 1. The van der Waals surface area contributed by atoms with Gasteiger partial charge < -0.3 is 14.8 Å². The predicted molar refractivity (Wildman–Crippen MR) is 62.7 cm³/mol. The van der Waals surface area contributed by atoms with E-state index in [1.165, 1.54) is 0 Å². The van der Waals surface area contributed by atoms with E-state index >= 15 is 0 Å². The van der Waals surface area contributed by atoms with Crippen LogP contribution in [0.4, 0.5) is 5.82 Å². The average molecular weight is 233 g/mol. The Hall–Kier alpha value is -1.64. The molecule has 0 amide bonds. The van der Waals surface area contributed by atoms with Crippen molar-refractivity contribution < 1.29 is 9.47 Å². The van der Waals surface area contributed by atoms with Crippen molar-refractivity contribution in [3.8, 4) is 6.07 Å². The number of hydrogen-bond donors (Lipinski definition) is 1. The Morgan fingerprint density at radius 2 is 2.47 bits per heavy atom. The highest BCUT2D eigenvalue weighted by atomic mass is 16.6. The summed E-state index contributed by atoms with van der Waals surface area (Å²) in [5.41, 5.74) is 1.51. The van der Waals surface area contributed by atoms with Gasteiger partial charge in [0.05, 0.1) is 31.5 Å². The molecule has 5 nitrogen and oxygen atoms in total. The molecule has 17 heavy (non-hydrogen) atoms. The van der Waals surface area contributed by atoms with Gasteiger partial charge in [-0.25, -0.2) is 4.98 Å². The van der Waals surface area contributed by atoms with E-state index in [9.17, 15) is 0 Å². The van der Waals surface area contributed by atoms with Gasteiger partial charge in [-0.05, 0) is 18.6 Å². The molecule has 1 N–H and O–H groups in total. The molecule has 0 saturated carbocycles. The first kappa shape index (κ1) is 11.8. The zero-order chi connectivity index (χ0) is 12.1. The zero-order valence-electron chi connectivity index (χ0n) is 9.77. The highest BCUT2D eigenvalue weighted by Gasteiger charge is 2.15. The van der Waals surface area contributed by atoms with Crippen LogP contribution in [-0.4, -0.2) is 37.5 Å². The molecule has 2 rings (SSSR count). The molecule has 5 heteroatoms. The predicted octanol–water partition coefficient (Wildman–Crippen LogP) is 1.09. The van der Waals surface area contributed by atoms with Gasteiger partial charge in [-0.3, -0.25) is 0 Å². The zero-order valence-corrected chi connectivity index (χ0v) is 9.77. The summed E-state index contributed by atoms with van der Waals surface area (Å²) in [5, 5.41) is 12.2. The molecule has 0 aliphatic carbocycles. The summed E-state index contributed by atoms with van der Waals surface area (Å²) in [6, 6.07) is 3.98. The van der Waals surface area contributed by atoms with Gasteiger partial charge >= 0.3 is 0 Å². The maximum atomic E-state index is 9.05. The summed E-state index contributed by atoms with van der Waals surface area (Å²) >= 11 is 0. The Morgan fingerprint density at radius 3 is 3.18 bits per heavy atom. The van der Waals surface area contributed by atoms with Crippen LogP contribution < -0.4 is 5.32 Å². The van der Waals surface area contributed by atoms with Crippen LogP contribution in [0.5, 0.6) is 0 Å². The molecule has 1 atom stereocenters. The van der Waals surface area contributed by atoms with Crippen LogP contribution >= 0.6 is 0 Å². The Morgan fingerprint density at radius 1 is 1.59 bits per heavy atom. The number of rotatable bonds is 3. The van der Waals surface area contributed by atoms with Crippen LogP contribution in [0.3, 0.4) is 0 Å². The summed E-state index contributed by atoms with van der Waals surface area (Å²) < 4.78 is 10.8. The van der Waals surface area contributed by atoms with E-state index < -0.39 is 0 Å². The second kappa shape index (κ2) is 5.62. The number of nitriles is 1. The smallest absolute Gasteiger partial charge is 0.144 e. The molecule has 1 aliphatic rings. The Bertz CT molecular complexity index is 422. The van der Waals surface area contributed by atoms with Crippen molar-refractivity contribution in [2.24, 2.45) is 0 Å². The molecular weight excluding hydrogens is 218 g/mol. The largest absolute Gasteiger partial charge is 0.376 e. The summed E-state index contributed by atoms with van der Waals surface area (Å²) in [5.74, 6) is 0.613. The highest BCUT2D eigenvalue weighted by Crippen LogP contribution is 2.15. The lowest BCUT2D eigenvalue weighted by Gasteiger charge is -2.23. The quantitative estimate of drug-likeness (QED) is 0.846. The van der Waals surface area contributed by atoms with Gasteiger partial charge in [0.25, 0.3) is 0 Å². The van der Waals surface area contributed by atoms with Crippen LogP contribution in [0.25, 0.3) is 0 Å². The summed E-state index contributed by atoms with van der Waals surface area (Å²) in [4.78, 5) is 4.16. The number of pyridine rings is 1. The number of hydrogen-bond acceptors (Lipinski definition) is 5. The minimum absolute atomic E-state index is 0.0256. The topological polar surface area (TPSA) is 67.2 Å². The molecular formula is C12H15N3O2. The van der Waals surface area contributed by atoms with E-state index in [0.717, 1.165) is 5.56 Å². The first-order valence-electron chi connectivity index (χ1n) is 5.60. The fraction of sp³-hybridized carbons (Fsp3) is 0.500. The van der Waals surface area contributed by atoms with Crippen LogP contribution in [0.2, 0.25) is 0 Å². The van der Waals surface area contributed by atoms with Gasteiger partial charge in [0.15, 0.2) is 0 Å². The molecule has 0 bridgehead atoms. The van der Waals surface area contributed by atoms with Crippen molar-refractivity contribution in [1.29, 1.82) is 5.26 Å². The van der Waals surface area contributed by atoms with E-state index in [-0.39, 0.29) is 6.10 Å². The molecule has 1 unspecified atom stereocenters. The Kier molecular flexibility index (Phi) is 3.91. The maximum absolute atomic E-state index is 9.05. The molecule has 0 radical (unpaired) electrons. The molecule has 1 aliphatic heterocycles. The van der Waals surface area contributed by atoms with Gasteiger partial charge in [0.1, 0.15) is 11.9 Å². The first-order valence-corrected chi connectivity index (χ1v) is 5.60. The number of aryl methyl sites for hydroxylation is 1. The van der Waals surface area contributed by atoms with Crippen molar-refractivity contribution in [1.82, 2.24) is 4.98 Å². The van der Waals surface area contributed by atoms with Crippen molar-refractivity contribution in [2.75, 3.05) is 31.7 Å². The van der Waals surface area contributed by atoms with Crippen LogP contribution in [0.1, 0.15) is 11.1 Å². The van der Waals surface area contributed by atoms with Gasteiger partial charge in [-0.1, -0.05) is 0 Å². The fourth-order valence-corrected chi connectivity index (χ4v) is 1.70. The van der Waals surface area contributed by atoms with Crippen LogP contribution in [0.15, 0.2) is 12.3 Å². The first-order chi connectivity index (χ1) is 8.31. The van der Waals surface area contributed by atoms with E-state index in [4.69, 9.17) is 14.7 Å². The Labute approximate surface area is 100 Å². The standard InChI is InChI=1S/C12H15N3O2/c1-9-2-3-14-12(11(9)6-13)15-7-10-8-16-4-5-17-10/h2-3,10H,4-5,7-8H2,1H3,(H,14,15). The minimum Gasteiger partial charge on any atom is -0.376 e. The molecule has 1 saturated heterocycles. The second-order valence-electron chi connectivity index (χ2n) is 3.91. The third-order valence-electron chi connectivity index (χ3n) is 2.65. The van der Waals surface area contributed by atoms with E-state index in [1.807, 2.05) is 13.0 Å². The number of nitrogens with one attached hydrogen (secondary N) is 1. The lowest BCUT2D eigenvalue weighted by Crippen LogP contribution is -2.34. The molecule has 0 spiro atoms. The normalized spacial score (nSPS) is 19.6. The monoisotopic (exact) mass is 233 g/mol. The number of ether oxygens (including phenoxy) is 2. The van der Waals surface area contributed by atoms with E-state index in [1.54, 1.807) is 6.20 Å². The van der Waals surface area contributed by atoms with Crippen LogP contribution in [-0.2, 0) is 9.47 Å². The van der Waals surface area contributed by atoms with E-state index in [0.29, 0.717) is 37.7 Å². The van der Waals surface area contributed by atoms with E-state index in [2.05, 4.69) is 16.4 Å². The molecule has 1 fully saturated rings. The molecule has 1 aromatic heterocycles. The van der Waals surface area contributed by atoms with Gasteiger partial charge in [-0.15, -0.1) is 0 Å². The summed E-state index contributed by atoms with van der Waals surface area (Å²) in [6.45, 7) is 4.36. The maximum Gasteiger partial charge on any atom is 0.144 e. The number of nitrogens with zero attached hydrogens (tertiary/aromatic N) is 2. The summed E-state index contributed by atoms with van der Waals surface area (Å²) in [6.07, 6.45) is 1.72. The lowest BCUT2D eigenvalue weighted by atomic mass is 10.1. The highest BCUT2D eigenvalue weighted by molar-refractivity contribution is 5.55. The number of anilines is 1. The van der Waals surface area contributed by atoms with Crippen molar-refractivity contribution >= 4 is 5.82 Å². The fourth-order valence-electron chi connectivity index (χ4n) is 1.70. The molecule has 0 aromatic carbocycles. The third kappa shape index (κ3) is 2.93. The van der Waals surface area contributed by atoms with Crippen LogP contribution in [0, 0.1) is 18.3 Å². The van der Waals surface area contributed by atoms with Crippen molar-refractivity contribution in [3.05, 3.63) is 23.4 Å². The average Bonchev–Trinajstić information content (AvgIpc) is 2.37. The Balaban J connectivity index is 1.99. The SMILES string of the molecule is Cc1ccnc(NCC2COCCO2)c1C#N. The molecule has 1 aromatic rings. The van der Waals surface area contributed by atoms with Gasteiger partial charge in [0, 0.05) is 12.7 Å². The van der Waals surface area contributed by atoms with Gasteiger partial charge in [-0.2, -0.15) is 5.26 Å². The molecule has 2 heterocycles. The second-order valence-corrected chi connectivity index (χ2v) is 3.91. The van der Waals surface area contributed by atoms with Gasteiger partial charge in [0.2, 0.25) is 0 Å². The minimum atomic E-state index is 0.0256. The van der Waals surface area contributed by atoms with Crippen molar-refractivity contribution in [3.63, 3.8) is 0 Å². The summed E-state index contributed by atoms with van der Waals surface area (Å²) in [7, 11) is 0.